The molecule has 3 heteroatoms. The van der Waals surface area contributed by atoms with Crippen molar-refractivity contribution in [2.24, 2.45) is 0 Å². The molecule has 0 aliphatic heterocycles. The van der Waals surface area contributed by atoms with Crippen molar-refractivity contribution < 1.29 is 4.42 Å². The van der Waals surface area contributed by atoms with E-state index >= 15 is 0 Å². The molecular weight excluding hydrogens is 705 g/mol. The van der Waals surface area contributed by atoms with E-state index < -0.39 is 0 Å². The molecule has 8 aromatic carbocycles. The Bertz CT molecular complexity index is 3160. The summed E-state index contributed by atoms with van der Waals surface area (Å²) in [6, 6.07) is 68.7. The van der Waals surface area contributed by atoms with E-state index in [-0.39, 0.29) is 0 Å². The highest BCUT2D eigenvalue weighted by Gasteiger charge is 2.19. The number of hydrogen-bond acceptors (Lipinski definition) is 2. The molecule has 0 aliphatic carbocycles. The maximum Gasteiger partial charge on any atom is 0.143 e. The molecule has 58 heavy (non-hydrogen) atoms. The van der Waals surface area contributed by atoms with Crippen LogP contribution in [0.15, 0.2) is 229 Å². The van der Waals surface area contributed by atoms with Gasteiger partial charge in [0.05, 0.1) is 11.0 Å². The molecule has 3 nitrogen and oxygen atoms in total. The average Bonchev–Trinajstić information content (AvgIpc) is 3.84. The number of fused-ring (bicyclic) bond motifs is 6. The minimum Gasteiger partial charge on any atom is -0.455 e. The minimum atomic E-state index is 0.898. The molecule has 0 amide bonds. The summed E-state index contributed by atoms with van der Waals surface area (Å²) in [6.45, 7) is 6.58. The van der Waals surface area contributed by atoms with Gasteiger partial charge in [-0.2, -0.15) is 0 Å². The molecule has 2 heterocycles. The van der Waals surface area contributed by atoms with Gasteiger partial charge in [-0.15, -0.1) is 0 Å². The van der Waals surface area contributed by atoms with Gasteiger partial charge in [0.1, 0.15) is 11.2 Å². The van der Waals surface area contributed by atoms with Crippen LogP contribution in [0.1, 0.15) is 12.5 Å². The first kappa shape index (κ1) is 34.8. The third kappa shape index (κ3) is 6.20. The quantitative estimate of drug-likeness (QED) is 0.137. The van der Waals surface area contributed by atoms with Gasteiger partial charge < -0.3 is 13.9 Å². The molecule has 10 aromatic rings. The Kier molecular flexibility index (Phi) is 8.89. The van der Waals surface area contributed by atoms with Crippen LogP contribution in [-0.2, 0) is 0 Å². The van der Waals surface area contributed by atoms with Crippen LogP contribution in [0, 0.1) is 0 Å². The summed E-state index contributed by atoms with van der Waals surface area (Å²) < 4.78 is 8.79. The molecule has 10 rings (SSSR count). The van der Waals surface area contributed by atoms with Crippen LogP contribution in [0.4, 0.5) is 11.4 Å². The van der Waals surface area contributed by atoms with Crippen molar-refractivity contribution in [2.45, 2.75) is 6.92 Å². The van der Waals surface area contributed by atoms with Gasteiger partial charge in [-0.05, 0) is 95.4 Å². The molecule has 2 aromatic heterocycles. The van der Waals surface area contributed by atoms with Gasteiger partial charge >= 0.3 is 0 Å². The number of rotatable bonds is 9. The van der Waals surface area contributed by atoms with Crippen LogP contribution < -0.4 is 4.90 Å². The van der Waals surface area contributed by atoms with Gasteiger partial charge in [0.2, 0.25) is 0 Å². The highest BCUT2D eigenvalue weighted by atomic mass is 16.3. The predicted octanol–water partition coefficient (Wildman–Crippen LogP) is 15.3. The molecule has 0 aliphatic rings. The van der Waals surface area contributed by atoms with Crippen molar-refractivity contribution in [3.05, 3.63) is 230 Å². The molecule has 0 bridgehead atoms. The van der Waals surface area contributed by atoms with Crippen LogP contribution in [0.25, 0.3) is 77.3 Å². The Labute approximate surface area is 338 Å². The average molecular weight is 745 g/mol. The number of hydrogen-bond donors (Lipinski definition) is 0. The van der Waals surface area contributed by atoms with E-state index in [9.17, 15) is 0 Å². The standard InChI is InChI=1S/C55H40N2O/c1-3-43(32-25-38(2)39-26-28-41(29-27-39)40-15-6-4-7-16-40)56(45-33-30-42(31-34-45)47-21-14-22-50-49-20-11-13-24-54(49)58-55(47)50)46-35-36-53-51(37-46)48-19-10-12-23-52(48)57(53)44-17-8-5-9-18-44/h3-37H,2H2,1H3/b32-25-,43-3+. The van der Waals surface area contributed by atoms with E-state index in [0.717, 1.165) is 72.5 Å². The molecule has 0 saturated heterocycles. The summed E-state index contributed by atoms with van der Waals surface area (Å²) in [6.07, 6.45) is 6.47. The van der Waals surface area contributed by atoms with Crippen molar-refractivity contribution in [3.63, 3.8) is 0 Å². The largest absolute Gasteiger partial charge is 0.455 e. The molecule has 0 unspecified atom stereocenters. The number of anilines is 2. The molecule has 0 fully saturated rings. The first-order valence-corrected chi connectivity index (χ1v) is 19.7. The lowest BCUT2D eigenvalue weighted by atomic mass is 10.0. The second-order valence-electron chi connectivity index (χ2n) is 14.6. The highest BCUT2D eigenvalue weighted by Crippen LogP contribution is 2.40. The maximum absolute atomic E-state index is 6.43. The van der Waals surface area contributed by atoms with Crippen LogP contribution >= 0.6 is 0 Å². The van der Waals surface area contributed by atoms with Gasteiger partial charge in [0.15, 0.2) is 0 Å². The Hall–Kier alpha value is -7.62. The number of benzene rings is 8. The van der Waals surface area contributed by atoms with Gasteiger partial charge in [0.25, 0.3) is 0 Å². The van der Waals surface area contributed by atoms with E-state index in [2.05, 4.69) is 217 Å². The lowest BCUT2D eigenvalue weighted by Crippen LogP contribution is -2.15. The number of furan rings is 1. The van der Waals surface area contributed by atoms with Crippen molar-refractivity contribution in [2.75, 3.05) is 4.90 Å². The fourth-order valence-corrected chi connectivity index (χ4v) is 8.26. The fourth-order valence-electron chi connectivity index (χ4n) is 8.26. The zero-order valence-corrected chi connectivity index (χ0v) is 32.2. The van der Waals surface area contributed by atoms with E-state index in [1.165, 1.54) is 27.4 Å². The monoisotopic (exact) mass is 744 g/mol. The van der Waals surface area contributed by atoms with Gasteiger partial charge in [-0.25, -0.2) is 0 Å². The lowest BCUT2D eigenvalue weighted by Gasteiger charge is -2.27. The SMILES string of the molecule is C=C(/C=C\C(=C/C)N(c1ccc(-c2cccc3c2oc2ccccc23)cc1)c1ccc2c(c1)c1ccccc1n2-c1ccccc1)c1ccc(-c2ccccc2)cc1. The highest BCUT2D eigenvalue weighted by molar-refractivity contribution is 6.11. The third-order valence-corrected chi connectivity index (χ3v) is 11.1. The van der Waals surface area contributed by atoms with Crippen molar-refractivity contribution >= 4 is 60.7 Å². The maximum atomic E-state index is 6.43. The number of aromatic nitrogens is 1. The van der Waals surface area contributed by atoms with E-state index in [0.29, 0.717) is 0 Å². The Morgan fingerprint density at radius 3 is 1.91 bits per heavy atom. The second kappa shape index (κ2) is 14.8. The smallest absolute Gasteiger partial charge is 0.143 e. The second-order valence-corrected chi connectivity index (χ2v) is 14.6. The molecule has 0 radical (unpaired) electrons. The zero-order valence-electron chi connectivity index (χ0n) is 32.2. The van der Waals surface area contributed by atoms with E-state index in [1.807, 2.05) is 18.2 Å². The van der Waals surface area contributed by atoms with Crippen molar-refractivity contribution in [3.8, 4) is 27.9 Å². The predicted molar refractivity (Wildman–Crippen MR) is 246 cm³/mol. The third-order valence-electron chi connectivity index (χ3n) is 11.1. The summed E-state index contributed by atoms with van der Waals surface area (Å²) in [7, 11) is 0. The van der Waals surface area contributed by atoms with Crippen LogP contribution in [-0.4, -0.2) is 4.57 Å². The summed E-state index contributed by atoms with van der Waals surface area (Å²) in [5.74, 6) is 0. The summed E-state index contributed by atoms with van der Waals surface area (Å²) >= 11 is 0. The van der Waals surface area contributed by atoms with Gasteiger partial charge in [0, 0.05) is 49.9 Å². The first-order valence-electron chi connectivity index (χ1n) is 19.7. The summed E-state index contributed by atoms with van der Waals surface area (Å²) in [4.78, 5) is 2.34. The Morgan fingerprint density at radius 2 is 1.14 bits per heavy atom. The number of para-hydroxylation sites is 4. The topological polar surface area (TPSA) is 21.3 Å². The summed E-state index contributed by atoms with van der Waals surface area (Å²) in [5, 5.41) is 4.65. The van der Waals surface area contributed by atoms with Crippen molar-refractivity contribution in [1.29, 1.82) is 0 Å². The normalized spacial score (nSPS) is 12.0. The van der Waals surface area contributed by atoms with Crippen molar-refractivity contribution in [1.82, 2.24) is 4.57 Å². The minimum absolute atomic E-state index is 0.898. The Morgan fingerprint density at radius 1 is 0.517 bits per heavy atom. The van der Waals surface area contributed by atoms with E-state index in [1.54, 1.807) is 0 Å². The van der Waals surface area contributed by atoms with Crippen LogP contribution in [0.2, 0.25) is 0 Å². The molecule has 0 N–H and O–H groups in total. The molecular formula is C55H40N2O. The summed E-state index contributed by atoms with van der Waals surface area (Å²) in [5.41, 5.74) is 15.0. The van der Waals surface area contributed by atoms with Gasteiger partial charge in [-0.3, -0.25) is 0 Å². The molecule has 0 spiro atoms. The molecule has 0 saturated carbocycles. The number of nitrogens with zero attached hydrogens (tertiary/aromatic N) is 2. The van der Waals surface area contributed by atoms with E-state index in [4.69, 9.17) is 4.42 Å². The van der Waals surface area contributed by atoms with Crippen LogP contribution in [0.5, 0.6) is 0 Å². The fraction of sp³-hybridized carbons (Fsp3) is 0.0182. The zero-order chi connectivity index (χ0) is 39.0. The first-order chi connectivity index (χ1) is 28.6. The Balaban J connectivity index is 1.07. The number of allylic oxidation sites excluding steroid dienone is 4. The lowest BCUT2D eigenvalue weighted by molar-refractivity contribution is 0.670. The van der Waals surface area contributed by atoms with Gasteiger partial charge in [-0.1, -0.05) is 158 Å². The molecule has 0 atom stereocenters. The molecule has 276 valence electrons. The van der Waals surface area contributed by atoms with Crippen LogP contribution in [0.3, 0.4) is 0 Å².